The molecule has 2 unspecified atom stereocenters. The third kappa shape index (κ3) is 5.60. The zero-order valence-electron chi connectivity index (χ0n) is 16.2. The Labute approximate surface area is 153 Å². The number of nitrogens with one attached hydrogen (secondary N) is 2. The van der Waals surface area contributed by atoms with E-state index in [2.05, 4.69) is 10.9 Å². The van der Waals surface area contributed by atoms with Gasteiger partial charge in [-0.3, -0.25) is 30.1 Å². The summed E-state index contributed by atoms with van der Waals surface area (Å²) in [4.78, 5) is 49.3. The summed E-state index contributed by atoms with van der Waals surface area (Å²) in [5.41, 5.74) is 2.64. The molecule has 2 atom stereocenters. The van der Waals surface area contributed by atoms with E-state index in [1.165, 1.54) is 6.92 Å². The lowest BCUT2D eigenvalue weighted by Gasteiger charge is -2.42. The lowest BCUT2D eigenvalue weighted by Crippen LogP contribution is -2.60. The topological polar surface area (TPSA) is 125 Å². The second-order valence-corrected chi connectivity index (χ2v) is 8.16. The molecule has 3 N–H and O–H groups in total. The lowest BCUT2D eigenvalue weighted by atomic mass is 9.79. The van der Waals surface area contributed by atoms with Crippen LogP contribution in [0.1, 0.15) is 54.4 Å². The van der Waals surface area contributed by atoms with Crippen LogP contribution in [0.4, 0.5) is 4.79 Å². The Bertz CT molecular complexity index is 584. The normalized spacial score (nSPS) is 23.3. The molecule has 0 aromatic carbocycles. The smallest absolute Gasteiger partial charge is 0.411 e. The van der Waals surface area contributed by atoms with Crippen molar-refractivity contribution in [3.63, 3.8) is 0 Å². The van der Waals surface area contributed by atoms with Crippen molar-refractivity contribution in [2.24, 2.45) is 11.3 Å². The summed E-state index contributed by atoms with van der Waals surface area (Å²) in [7, 11) is 0. The molecule has 0 saturated carbocycles. The molecule has 1 heterocycles. The van der Waals surface area contributed by atoms with Crippen LogP contribution in [0, 0.1) is 11.3 Å². The first-order chi connectivity index (χ1) is 11.8. The van der Waals surface area contributed by atoms with Gasteiger partial charge in [-0.05, 0) is 40.5 Å². The van der Waals surface area contributed by atoms with Gasteiger partial charge in [0.1, 0.15) is 11.6 Å². The van der Waals surface area contributed by atoms with E-state index in [0.717, 1.165) is 4.90 Å². The number of carboxylic acid groups (broad SMARTS) is 1. The fourth-order valence-electron chi connectivity index (χ4n) is 2.49. The minimum absolute atomic E-state index is 0.144. The molecule has 3 amide bonds. The van der Waals surface area contributed by atoms with E-state index in [4.69, 9.17) is 4.74 Å². The number of piperidine rings is 1. The van der Waals surface area contributed by atoms with E-state index in [1.807, 2.05) is 0 Å². The predicted molar refractivity (Wildman–Crippen MR) is 92.8 cm³/mol. The standard InChI is InChI=1S/C17H29N3O6/c1-10(2)12(21)18-19-13(22)11-7-8-17(6,14(23)24)9-20(11)15(25)26-16(3,4)5/h10-11H,7-9H2,1-6H3,(H,18,21)(H,19,22)(H,23,24). The third-order valence-corrected chi connectivity index (χ3v) is 4.15. The zero-order valence-corrected chi connectivity index (χ0v) is 16.2. The molecule has 0 radical (unpaired) electrons. The van der Waals surface area contributed by atoms with Crippen LogP contribution in [0.3, 0.4) is 0 Å². The van der Waals surface area contributed by atoms with Crippen LogP contribution in [-0.2, 0) is 19.1 Å². The molecule has 0 bridgehead atoms. The number of carboxylic acids is 1. The van der Waals surface area contributed by atoms with Crippen molar-refractivity contribution in [1.82, 2.24) is 15.8 Å². The van der Waals surface area contributed by atoms with Gasteiger partial charge >= 0.3 is 12.1 Å². The number of carbonyl (C=O) groups is 4. The van der Waals surface area contributed by atoms with Gasteiger partial charge in [0.05, 0.1) is 5.41 Å². The van der Waals surface area contributed by atoms with E-state index in [0.29, 0.717) is 0 Å². The first-order valence-electron chi connectivity index (χ1n) is 8.59. The minimum Gasteiger partial charge on any atom is -0.481 e. The predicted octanol–water partition coefficient (Wildman–Crippen LogP) is 1.28. The highest BCUT2D eigenvalue weighted by atomic mass is 16.6. The van der Waals surface area contributed by atoms with Gasteiger partial charge in [0.2, 0.25) is 5.91 Å². The molecule has 0 aliphatic carbocycles. The summed E-state index contributed by atoms with van der Waals surface area (Å²) in [5, 5.41) is 9.46. The Kier molecular flexibility index (Phi) is 6.62. The maximum Gasteiger partial charge on any atom is 0.411 e. The molecule has 1 aliphatic heterocycles. The van der Waals surface area contributed by atoms with Gasteiger partial charge in [-0.25, -0.2) is 4.79 Å². The van der Waals surface area contributed by atoms with Crippen molar-refractivity contribution in [3.05, 3.63) is 0 Å². The second-order valence-electron chi connectivity index (χ2n) is 8.16. The van der Waals surface area contributed by atoms with Crippen LogP contribution in [0.5, 0.6) is 0 Å². The van der Waals surface area contributed by atoms with E-state index in [1.54, 1.807) is 34.6 Å². The van der Waals surface area contributed by atoms with Crippen LogP contribution in [0.25, 0.3) is 0 Å². The Morgan fingerprint density at radius 3 is 2.23 bits per heavy atom. The maximum absolute atomic E-state index is 12.5. The van der Waals surface area contributed by atoms with Gasteiger partial charge in [0.25, 0.3) is 5.91 Å². The molecule has 1 rings (SSSR count). The molecule has 9 heteroatoms. The van der Waals surface area contributed by atoms with E-state index < -0.39 is 35.0 Å². The van der Waals surface area contributed by atoms with Gasteiger partial charge in [-0.15, -0.1) is 0 Å². The summed E-state index contributed by atoms with van der Waals surface area (Å²) in [6.07, 6.45) is -0.400. The van der Waals surface area contributed by atoms with Crippen LogP contribution in [-0.4, -0.2) is 52.1 Å². The summed E-state index contributed by atoms with van der Waals surface area (Å²) in [6.45, 7) is 9.77. The van der Waals surface area contributed by atoms with Gasteiger partial charge in [-0.2, -0.15) is 0 Å². The number of hydrogen-bond donors (Lipinski definition) is 3. The Morgan fingerprint density at radius 2 is 1.77 bits per heavy atom. The fraction of sp³-hybridized carbons (Fsp3) is 0.765. The third-order valence-electron chi connectivity index (χ3n) is 4.15. The summed E-state index contributed by atoms with van der Waals surface area (Å²) >= 11 is 0. The van der Waals surface area contributed by atoms with Crippen molar-refractivity contribution in [2.75, 3.05) is 6.54 Å². The second kappa shape index (κ2) is 7.92. The molecule has 0 spiro atoms. The number of rotatable bonds is 3. The zero-order chi connectivity index (χ0) is 20.3. The summed E-state index contributed by atoms with van der Waals surface area (Å²) in [6, 6.07) is -0.926. The Balaban J connectivity index is 2.96. The van der Waals surface area contributed by atoms with Gasteiger partial charge < -0.3 is 9.84 Å². The number of likely N-dealkylation sites (tertiary alicyclic amines) is 1. The minimum atomic E-state index is -1.17. The van der Waals surface area contributed by atoms with Crippen molar-refractivity contribution in [1.29, 1.82) is 0 Å². The summed E-state index contributed by atoms with van der Waals surface area (Å²) in [5.74, 6) is -2.32. The van der Waals surface area contributed by atoms with Gasteiger partial charge in [0.15, 0.2) is 0 Å². The number of amides is 3. The average molecular weight is 371 g/mol. The molecule has 0 aromatic heterocycles. The van der Waals surface area contributed by atoms with Crippen LogP contribution >= 0.6 is 0 Å². The number of aliphatic carboxylic acids is 1. The highest BCUT2D eigenvalue weighted by Crippen LogP contribution is 2.34. The number of ether oxygens (including phenoxy) is 1. The highest BCUT2D eigenvalue weighted by molar-refractivity contribution is 5.89. The van der Waals surface area contributed by atoms with Crippen molar-refractivity contribution < 1.29 is 29.0 Å². The first kappa shape index (κ1) is 21.7. The number of hydrazine groups is 1. The van der Waals surface area contributed by atoms with Crippen molar-refractivity contribution >= 4 is 23.9 Å². The maximum atomic E-state index is 12.5. The number of carbonyl (C=O) groups excluding carboxylic acids is 3. The monoisotopic (exact) mass is 371 g/mol. The van der Waals surface area contributed by atoms with Crippen molar-refractivity contribution in [2.45, 2.75) is 66.0 Å². The molecule has 0 aromatic rings. The van der Waals surface area contributed by atoms with Crippen LogP contribution in [0.15, 0.2) is 0 Å². The summed E-state index contributed by atoms with van der Waals surface area (Å²) < 4.78 is 5.32. The average Bonchev–Trinajstić information content (AvgIpc) is 2.50. The van der Waals surface area contributed by atoms with Gasteiger partial charge in [0, 0.05) is 12.5 Å². The van der Waals surface area contributed by atoms with Crippen LogP contribution in [0.2, 0.25) is 0 Å². The molecule has 1 saturated heterocycles. The highest BCUT2D eigenvalue weighted by Gasteiger charge is 2.46. The Hall–Kier alpha value is -2.32. The molecule has 26 heavy (non-hydrogen) atoms. The number of hydrogen-bond acceptors (Lipinski definition) is 5. The van der Waals surface area contributed by atoms with Gasteiger partial charge in [-0.1, -0.05) is 13.8 Å². The molecule has 1 aliphatic rings. The molecular weight excluding hydrogens is 342 g/mol. The molecule has 148 valence electrons. The van der Waals surface area contributed by atoms with Crippen LogP contribution < -0.4 is 10.9 Å². The van der Waals surface area contributed by atoms with Crippen molar-refractivity contribution in [3.8, 4) is 0 Å². The SMILES string of the molecule is CC(C)C(=O)NNC(=O)C1CCC(C)(C(=O)O)CN1C(=O)OC(C)(C)C. The van der Waals surface area contributed by atoms with E-state index in [9.17, 15) is 24.3 Å². The Morgan fingerprint density at radius 1 is 1.19 bits per heavy atom. The number of nitrogens with zero attached hydrogens (tertiary/aromatic N) is 1. The van der Waals surface area contributed by atoms with E-state index >= 15 is 0 Å². The fourth-order valence-corrected chi connectivity index (χ4v) is 2.49. The van der Waals surface area contributed by atoms with E-state index in [-0.39, 0.29) is 31.2 Å². The first-order valence-corrected chi connectivity index (χ1v) is 8.59. The molecular formula is C17H29N3O6. The largest absolute Gasteiger partial charge is 0.481 e. The quantitative estimate of drug-likeness (QED) is 0.642. The molecule has 1 fully saturated rings. The molecule has 9 nitrogen and oxygen atoms in total. The lowest BCUT2D eigenvalue weighted by molar-refractivity contribution is -0.153.